The molecule has 0 aromatic heterocycles. The van der Waals surface area contributed by atoms with Gasteiger partial charge in [-0.3, -0.25) is 9.59 Å². The number of anilines is 1. The highest BCUT2D eigenvalue weighted by atomic mass is 32.2. The third-order valence-electron chi connectivity index (χ3n) is 6.38. The Bertz CT molecular complexity index is 1150. The van der Waals surface area contributed by atoms with Crippen molar-refractivity contribution in [3.8, 4) is 0 Å². The van der Waals surface area contributed by atoms with E-state index in [1.54, 1.807) is 30.3 Å². The van der Waals surface area contributed by atoms with Crippen molar-refractivity contribution < 1.29 is 18.0 Å². The lowest BCUT2D eigenvalue weighted by atomic mass is 9.97. The Hall–Kier alpha value is -2.71. The molecule has 1 aliphatic carbocycles. The molecule has 2 amide bonds. The van der Waals surface area contributed by atoms with E-state index < -0.39 is 10.0 Å². The number of carbonyl (C=O) groups is 2. The van der Waals surface area contributed by atoms with E-state index in [2.05, 4.69) is 10.6 Å². The summed E-state index contributed by atoms with van der Waals surface area (Å²) >= 11 is 0. The standard InChI is InChI=1S/C25H31N3O4S/c1-17(2)26-25(30)22-8-3-4-9-23(22)27-24(29)19-12-14-28(15-13-19)33(31,32)21-11-10-18-6-5-7-20(18)16-21/h3-4,8-11,16-17,19H,5-7,12-15H2,1-2H3,(H,26,30)(H,27,29). The molecule has 8 heteroatoms. The van der Waals surface area contributed by atoms with Gasteiger partial charge in [0.15, 0.2) is 0 Å². The van der Waals surface area contributed by atoms with Gasteiger partial charge in [0.05, 0.1) is 16.1 Å². The zero-order valence-corrected chi connectivity index (χ0v) is 20.0. The summed E-state index contributed by atoms with van der Waals surface area (Å²) in [4.78, 5) is 25.7. The molecule has 0 bridgehead atoms. The number of para-hydroxylation sites is 1. The van der Waals surface area contributed by atoms with Crippen molar-refractivity contribution in [1.82, 2.24) is 9.62 Å². The van der Waals surface area contributed by atoms with Crippen molar-refractivity contribution in [2.24, 2.45) is 5.92 Å². The van der Waals surface area contributed by atoms with Crippen LogP contribution in [0, 0.1) is 5.92 Å². The summed E-state index contributed by atoms with van der Waals surface area (Å²) < 4.78 is 27.8. The highest BCUT2D eigenvalue weighted by Gasteiger charge is 2.33. The minimum atomic E-state index is -3.57. The third-order valence-corrected chi connectivity index (χ3v) is 8.28. The van der Waals surface area contributed by atoms with Crippen LogP contribution in [0.15, 0.2) is 47.4 Å². The molecule has 2 aromatic rings. The fourth-order valence-corrected chi connectivity index (χ4v) is 6.10. The highest BCUT2D eigenvalue weighted by Crippen LogP contribution is 2.29. The SMILES string of the molecule is CC(C)NC(=O)c1ccccc1NC(=O)C1CCN(S(=O)(=O)c2ccc3c(c2)CCC3)CC1. The van der Waals surface area contributed by atoms with Crippen LogP contribution in [-0.4, -0.2) is 43.7 Å². The molecule has 2 aliphatic rings. The Morgan fingerprint density at radius 3 is 2.42 bits per heavy atom. The molecule has 0 spiro atoms. The lowest BCUT2D eigenvalue weighted by molar-refractivity contribution is -0.120. The van der Waals surface area contributed by atoms with Gasteiger partial charge in [0.1, 0.15) is 0 Å². The van der Waals surface area contributed by atoms with Gasteiger partial charge in [-0.2, -0.15) is 4.31 Å². The Balaban J connectivity index is 1.39. The van der Waals surface area contributed by atoms with Gasteiger partial charge in [-0.05, 0) is 81.3 Å². The summed E-state index contributed by atoms with van der Waals surface area (Å²) in [5.41, 5.74) is 3.25. The first kappa shape index (κ1) is 23.4. The largest absolute Gasteiger partial charge is 0.350 e. The molecule has 1 fully saturated rings. The summed E-state index contributed by atoms with van der Waals surface area (Å²) in [6, 6.07) is 12.4. The summed E-state index contributed by atoms with van der Waals surface area (Å²) in [7, 11) is -3.57. The van der Waals surface area contributed by atoms with Crippen LogP contribution in [0.3, 0.4) is 0 Å². The molecule has 2 N–H and O–H groups in total. The summed E-state index contributed by atoms with van der Waals surface area (Å²) in [6.07, 6.45) is 3.89. The van der Waals surface area contributed by atoms with E-state index in [9.17, 15) is 18.0 Å². The van der Waals surface area contributed by atoms with E-state index in [1.807, 2.05) is 26.0 Å². The molecule has 0 radical (unpaired) electrons. The van der Waals surface area contributed by atoms with Crippen molar-refractivity contribution in [1.29, 1.82) is 0 Å². The quantitative estimate of drug-likeness (QED) is 0.678. The van der Waals surface area contributed by atoms with Crippen LogP contribution in [-0.2, 0) is 27.7 Å². The maximum atomic E-state index is 13.1. The topological polar surface area (TPSA) is 95.6 Å². The van der Waals surface area contributed by atoms with Crippen LogP contribution in [0.4, 0.5) is 5.69 Å². The zero-order valence-electron chi connectivity index (χ0n) is 19.1. The Morgan fingerprint density at radius 2 is 1.70 bits per heavy atom. The van der Waals surface area contributed by atoms with Gasteiger partial charge in [-0.25, -0.2) is 8.42 Å². The molecule has 4 rings (SSSR count). The van der Waals surface area contributed by atoms with Crippen LogP contribution in [0.2, 0.25) is 0 Å². The minimum absolute atomic E-state index is 0.0155. The molecule has 1 saturated heterocycles. The fraction of sp³-hybridized carbons (Fsp3) is 0.440. The van der Waals surface area contributed by atoms with Crippen LogP contribution < -0.4 is 10.6 Å². The van der Waals surface area contributed by atoms with Gasteiger partial charge < -0.3 is 10.6 Å². The van der Waals surface area contributed by atoms with Crippen LogP contribution in [0.5, 0.6) is 0 Å². The maximum absolute atomic E-state index is 13.1. The summed E-state index contributed by atoms with van der Waals surface area (Å²) in [5.74, 6) is -0.733. The predicted molar refractivity (Wildman–Crippen MR) is 128 cm³/mol. The molecule has 176 valence electrons. The number of aryl methyl sites for hydroxylation is 2. The van der Waals surface area contributed by atoms with E-state index in [0.29, 0.717) is 42.1 Å². The van der Waals surface area contributed by atoms with E-state index in [-0.39, 0.29) is 23.8 Å². The third kappa shape index (κ3) is 5.12. The minimum Gasteiger partial charge on any atom is -0.350 e. The van der Waals surface area contributed by atoms with Crippen LogP contribution in [0.25, 0.3) is 0 Å². The number of carbonyl (C=O) groups excluding carboxylic acids is 2. The van der Waals surface area contributed by atoms with Gasteiger partial charge >= 0.3 is 0 Å². The van der Waals surface area contributed by atoms with Crippen molar-refractivity contribution in [2.75, 3.05) is 18.4 Å². The Labute approximate surface area is 195 Å². The summed E-state index contributed by atoms with van der Waals surface area (Å²) in [6.45, 7) is 4.35. The van der Waals surface area contributed by atoms with E-state index >= 15 is 0 Å². The molecule has 1 heterocycles. The first-order chi connectivity index (χ1) is 15.8. The van der Waals surface area contributed by atoms with Gasteiger partial charge in [-0.1, -0.05) is 18.2 Å². The van der Waals surface area contributed by atoms with Gasteiger partial charge in [0, 0.05) is 25.0 Å². The molecule has 0 atom stereocenters. The average molecular weight is 470 g/mol. The number of sulfonamides is 1. The smallest absolute Gasteiger partial charge is 0.253 e. The predicted octanol–water partition coefficient (Wildman–Crippen LogP) is 3.35. The Morgan fingerprint density at radius 1 is 1.00 bits per heavy atom. The number of fused-ring (bicyclic) bond motifs is 1. The number of hydrogen-bond donors (Lipinski definition) is 2. The van der Waals surface area contributed by atoms with Crippen molar-refractivity contribution in [3.05, 3.63) is 59.2 Å². The van der Waals surface area contributed by atoms with Gasteiger partial charge in [-0.15, -0.1) is 0 Å². The first-order valence-corrected chi connectivity index (χ1v) is 13.0. The lowest BCUT2D eigenvalue weighted by Crippen LogP contribution is -2.41. The average Bonchev–Trinajstić information content (AvgIpc) is 3.27. The summed E-state index contributed by atoms with van der Waals surface area (Å²) in [5, 5.41) is 5.72. The number of amides is 2. The second-order valence-electron chi connectivity index (χ2n) is 9.13. The van der Waals surface area contributed by atoms with Crippen molar-refractivity contribution in [2.45, 2.75) is 56.9 Å². The first-order valence-electron chi connectivity index (χ1n) is 11.6. The lowest BCUT2D eigenvalue weighted by Gasteiger charge is -2.30. The van der Waals surface area contributed by atoms with Crippen LogP contribution >= 0.6 is 0 Å². The maximum Gasteiger partial charge on any atom is 0.253 e. The number of nitrogens with zero attached hydrogens (tertiary/aromatic N) is 1. The normalized spacial score (nSPS) is 17.1. The molecule has 0 unspecified atom stereocenters. The molecular formula is C25H31N3O4S. The Kier molecular flexibility index (Phi) is 6.86. The number of hydrogen-bond acceptors (Lipinski definition) is 4. The number of piperidine rings is 1. The zero-order chi connectivity index (χ0) is 23.6. The second kappa shape index (κ2) is 9.65. The van der Waals surface area contributed by atoms with Gasteiger partial charge in [0.2, 0.25) is 15.9 Å². The van der Waals surface area contributed by atoms with E-state index in [4.69, 9.17) is 0 Å². The molecule has 1 aliphatic heterocycles. The molecule has 2 aromatic carbocycles. The number of rotatable bonds is 6. The van der Waals surface area contributed by atoms with Crippen molar-refractivity contribution in [3.63, 3.8) is 0 Å². The molecular weight excluding hydrogens is 438 g/mol. The molecule has 33 heavy (non-hydrogen) atoms. The van der Waals surface area contributed by atoms with E-state index in [1.165, 1.54) is 9.87 Å². The van der Waals surface area contributed by atoms with Gasteiger partial charge in [0.25, 0.3) is 5.91 Å². The van der Waals surface area contributed by atoms with E-state index in [0.717, 1.165) is 24.8 Å². The monoisotopic (exact) mass is 469 g/mol. The van der Waals surface area contributed by atoms with Crippen LogP contribution in [0.1, 0.15) is 54.6 Å². The highest BCUT2D eigenvalue weighted by molar-refractivity contribution is 7.89. The number of nitrogens with one attached hydrogen (secondary N) is 2. The molecule has 7 nitrogen and oxygen atoms in total. The molecule has 0 saturated carbocycles. The number of benzene rings is 2. The van der Waals surface area contributed by atoms with Crippen molar-refractivity contribution >= 4 is 27.5 Å². The fourth-order valence-electron chi connectivity index (χ4n) is 4.58. The second-order valence-corrected chi connectivity index (χ2v) is 11.1.